The number of rotatable bonds is 9. The largest absolute Gasteiger partial charge is 0.481 e. The zero-order valence-electron chi connectivity index (χ0n) is 8.92. The predicted octanol–water partition coefficient (Wildman–Crippen LogP) is 2.44. The van der Waals surface area contributed by atoms with Gasteiger partial charge in [0.1, 0.15) is 0 Å². The Morgan fingerprint density at radius 1 is 1.14 bits per heavy atom. The van der Waals surface area contributed by atoms with Crippen molar-refractivity contribution in [2.24, 2.45) is 0 Å². The van der Waals surface area contributed by atoms with Crippen molar-refractivity contribution in [2.75, 3.05) is 13.1 Å². The smallest absolute Gasteiger partial charge is 0.303 e. The summed E-state index contributed by atoms with van der Waals surface area (Å²) in [7, 11) is 0. The van der Waals surface area contributed by atoms with E-state index in [0.717, 1.165) is 32.4 Å². The second-order valence-electron chi connectivity index (χ2n) is 3.31. The van der Waals surface area contributed by atoms with Crippen LogP contribution in [0.2, 0.25) is 0 Å². The molecule has 0 spiro atoms. The fourth-order valence-electron chi connectivity index (χ4n) is 1.13. The maximum absolute atomic E-state index is 10.2. The van der Waals surface area contributed by atoms with E-state index >= 15 is 0 Å². The van der Waals surface area contributed by atoms with Crippen molar-refractivity contribution in [3.8, 4) is 0 Å². The molecule has 0 aromatic heterocycles. The van der Waals surface area contributed by atoms with Crippen LogP contribution in [0.4, 0.5) is 0 Å². The van der Waals surface area contributed by atoms with E-state index in [1.165, 1.54) is 12.8 Å². The normalized spacial score (nSPS) is 9.50. The SMILES string of the molecule is CCCCNCCCCCC(=O)O.Cl. The number of carbonyl (C=O) groups is 1. The molecule has 3 nitrogen and oxygen atoms in total. The van der Waals surface area contributed by atoms with Crippen molar-refractivity contribution in [1.29, 1.82) is 0 Å². The molecule has 0 aliphatic rings. The van der Waals surface area contributed by atoms with Crippen LogP contribution in [-0.4, -0.2) is 24.2 Å². The van der Waals surface area contributed by atoms with Crippen molar-refractivity contribution < 1.29 is 9.90 Å². The molecule has 0 atom stereocenters. The van der Waals surface area contributed by atoms with Gasteiger partial charge in [0, 0.05) is 6.42 Å². The number of aliphatic carboxylic acids is 1. The molecule has 0 heterocycles. The van der Waals surface area contributed by atoms with E-state index in [9.17, 15) is 4.79 Å². The average Bonchev–Trinajstić information content (AvgIpc) is 2.09. The van der Waals surface area contributed by atoms with Crippen molar-refractivity contribution in [3.63, 3.8) is 0 Å². The monoisotopic (exact) mass is 223 g/mol. The molecule has 86 valence electrons. The molecule has 0 unspecified atom stereocenters. The standard InChI is InChI=1S/C10H21NO2.ClH/c1-2-3-8-11-9-6-4-5-7-10(12)13;/h11H,2-9H2,1H3,(H,12,13);1H. The molecule has 0 aliphatic heterocycles. The molecule has 0 saturated heterocycles. The summed E-state index contributed by atoms with van der Waals surface area (Å²) in [5, 5.41) is 11.7. The van der Waals surface area contributed by atoms with E-state index in [0.29, 0.717) is 6.42 Å². The summed E-state index contributed by atoms with van der Waals surface area (Å²) in [6.07, 6.45) is 5.70. The molecule has 0 saturated carbocycles. The van der Waals surface area contributed by atoms with Gasteiger partial charge in [-0.1, -0.05) is 19.8 Å². The molecule has 14 heavy (non-hydrogen) atoms. The van der Waals surface area contributed by atoms with Crippen LogP contribution in [0.15, 0.2) is 0 Å². The molecular formula is C10H22ClNO2. The first kappa shape index (κ1) is 16.2. The van der Waals surface area contributed by atoms with Crippen LogP contribution in [0.3, 0.4) is 0 Å². The highest BCUT2D eigenvalue weighted by atomic mass is 35.5. The van der Waals surface area contributed by atoms with Gasteiger partial charge in [0.25, 0.3) is 0 Å². The van der Waals surface area contributed by atoms with Gasteiger partial charge in [-0.05, 0) is 32.4 Å². The number of hydrogen-bond donors (Lipinski definition) is 2. The molecule has 0 aromatic carbocycles. The average molecular weight is 224 g/mol. The second kappa shape index (κ2) is 12.7. The Morgan fingerprint density at radius 2 is 1.79 bits per heavy atom. The number of nitrogens with one attached hydrogen (secondary N) is 1. The third-order valence-electron chi connectivity index (χ3n) is 1.95. The van der Waals surface area contributed by atoms with Gasteiger partial charge in [-0.2, -0.15) is 0 Å². The molecule has 0 bridgehead atoms. The topological polar surface area (TPSA) is 49.3 Å². The van der Waals surface area contributed by atoms with Crippen molar-refractivity contribution in [2.45, 2.75) is 45.4 Å². The molecule has 0 amide bonds. The maximum atomic E-state index is 10.2. The van der Waals surface area contributed by atoms with Gasteiger partial charge in [0.2, 0.25) is 0 Å². The van der Waals surface area contributed by atoms with Gasteiger partial charge in [0.15, 0.2) is 0 Å². The first-order valence-corrected chi connectivity index (χ1v) is 5.20. The minimum absolute atomic E-state index is 0. The lowest BCUT2D eigenvalue weighted by Gasteiger charge is -2.02. The van der Waals surface area contributed by atoms with Crippen molar-refractivity contribution in [1.82, 2.24) is 5.32 Å². The van der Waals surface area contributed by atoms with Crippen LogP contribution in [0.5, 0.6) is 0 Å². The lowest BCUT2D eigenvalue weighted by atomic mass is 10.2. The zero-order chi connectivity index (χ0) is 9.94. The molecule has 0 rings (SSSR count). The Balaban J connectivity index is 0. The van der Waals surface area contributed by atoms with E-state index in [1.54, 1.807) is 0 Å². The maximum Gasteiger partial charge on any atom is 0.303 e. The predicted molar refractivity (Wildman–Crippen MR) is 61.1 cm³/mol. The van der Waals surface area contributed by atoms with Crippen LogP contribution in [-0.2, 0) is 4.79 Å². The lowest BCUT2D eigenvalue weighted by molar-refractivity contribution is -0.137. The Labute approximate surface area is 92.7 Å². The zero-order valence-corrected chi connectivity index (χ0v) is 9.74. The van der Waals surface area contributed by atoms with Gasteiger partial charge in [-0.25, -0.2) is 0 Å². The summed E-state index contributed by atoms with van der Waals surface area (Å²) < 4.78 is 0. The van der Waals surface area contributed by atoms with Crippen molar-refractivity contribution in [3.05, 3.63) is 0 Å². The molecule has 0 fully saturated rings. The fourth-order valence-corrected chi connectivity index (χ4v) is 1.13. The highest BCUT2D eigenvalue weighted by Crippen LogP contribution is 1.98. The Morgan fingerprint density at radius 3 is 2.36 bits per heavy atom. The molecule has 2 N–H and O–H groups in total. The summed E-state index contributed by atoms with van der Waals surface area (Å²) in [6.45, 7) is 4.30. The molecule has 4 heteroatoms. The first-order chi connectivity index (χ1) is 6.27. The summed E-state index contributed by atoms with van der Waals surface area (Å²) in [5.74, 6) is -0.682. The minimum atomic E-state index is -0.682. The van der Waals surface area contributed by atoms with Gasteiger partial charge >= 0.3 is 5.97 Å². The van der Waals surface area contributed by atoms with Crippen LogP contribution in [0, 0.1) is 0 Å². The van der Waals surface area contributed by atoms with E-state index in [2.05, 4.69) is 12.2 Å². The van der Waals surface area contributed by atoms with Gasteiger partial charge in [-0.15, -0.1) is 12.4 Å². The van der Waals surface area contributed by atoms with Gasteiger partial charge < -0.3 is 10.4 Å². The number of carboxylic acids is 1. The fraction of sp³-hybridized carbons (Fsp3) is 0.900. The Hall–Kier alpha value is -0.280. The van der Waals surface area contributed by atoms with E-state index < -0.39 is 5.97 Å². The van der Waals surface area contributed by atoms with E-state index in [-0.39, 0.29) is 12.4 Å². The Kier molecular flexibility index (Phi) is 14.7. The summed E-state index contributed by atoms with van der Waals surface area (Å²) in [6, 6.07) is 0. The summed E-state index contributed by atoms with van der Waals surface area (Å²) >= 11 is 0. The first-order valence-electron chi connectivity index (χ1n) is 5.20. The van der Waals surface area contributed by atoms with Gasteiger partial charge in [-0.3, -0.25) is 4.79 Å². The molecular weight excluding hydrogens is 202 g/mol. The van der Waals surface area contributed by atoms with Crippen LogP contribution < -0.4 is 5.32 Å². The highest BCUT2D eigenvalue weighted by molar-refractivity contribution is 5.85. The summed E-state index contributed by atoms with van der Waals surface area (Å²) in [4.78, 5) is 10.2. The third-order valence-corrected chi connectivity index (χ3v) is 1.95. The highest BCUT2D eigenvalue weighted by Gasteiger charge is 1.95. The third kappa shape index (κ3) is 14.3. The number of carboxylic acid groups (broad SMARTS) is 1. The second-order valence-corrected chi connectivity index (χ2v) is 3.31. The van der Waals surface area contributed by atoms with Crippen molar-refractivity contribution >= 4 is 18.4 Å². The van der Waals surface area contributed by atoms with Crippen LogP contribution in [0.25, 0.3) is 0 Å². The van der Waals surface area contributed by atoms with E-state index in [4.69, 9.17) is 5.11 Å². The molecule has 0 aromatic rings. The summed E-state index contributed by atoms with van der Waals surface area (Å²) in [5.41, 5.74) is 0. The Bertz CT molecular complexity index is 131. The van der Waals surface area contributed by atoms with Crippen LogP contribution in [0.1, 0.15) is 45.4 Å². The number of unbranched alkanes of at least 4 members (excludes halogenated alkanes) is 3. The number of hydrogen-bond acceptors (Lipinski definition) is 2. The van der Waals surface area contributed by atoms with Gasteiger partial charge in [0.05, 0.1) is 0 Å². The molecule has 0 aliphatic carbocycles. The quantitative estimate of drug-likeness (QED) is 0.591. The van der Waals surface area contributed by atoms with E-state index in [1.807, 2.05) is 0 Å². The number of halogens is 1. The minimum Gasteiger partial charge on any atom is -0.481 e. The molecule has 0 radical (unpaired) electrons. The lowest BCUT2D eigenvalue weighted by Crippen LogP contribution is -2.16. The van der Waals surface area contributed by atoms with Crippen LogP contribution >= 0.6 is 12.4 Å².